The van der Waals surface area contributed by atoms with E-state index in [0.29, 0.717) is 33.9 Å². The van der Waals surface area contributed by atoms with Crippen molar-refractivity contribution in [2.75, 3.05) is 20.5 Å². The SMILES string of the molecule is COCO[C@@H](C[C@@H]1CCC[C@H](C(C)(C)CO[Si](C(C)C)(C(C)C)C(C)C)O1)C[C@@H](O[Si](C)(C)C)[C@@H](C)CC[C@@H]1CCC[C@H](CCCc2cccc3c2C(=O)OC(C)(C)O3)O1. The smallest absolute Gasteiger partial charge is 0.345 e. The van der Waals surface area contributed by atoms with Crippen molar-refractivity contribution in [2.45, 2.75) is 238 Å². The molecule has 2 saturated heterocycles. The summed E-state index contributed by atoms with van der Waals surface area (Å²) in [5, 5.41) is 0. The molecule has 9 nitrogen and oxygen atoms in total. The fourth-order valence-corrected chi connectivity index (χ4v) is 17.4. The Bertz CT molecular complexity index is 1430. The second-order valence-corrected chi connectivity index (χ2v) is 31.6. The fraction of sp³-hybridized carbons (Fsp3) is 0.857. The molecule has 4 rings (SSSR count). The molecule has 3 aliphatic heterocycles. The van der Waals surface area contributed by atoms with Gasteiger partial charge in [-0.25, -0.2) is 4.79 Å². The topological polar surface area (TPSA) is 90.9 Å². The first-order chi connectivity index (χ1) is 28.1. The Morgan fingerprint density at radius 2 is 1.48 bits per heavy atom. The molecule has 1 aromatic carbocycles. The maximum absolute atomic E-state index is 12.9. The lowest BCUT2D eigenvalue weighted by molar-refractivity contribution is -0.145. The molecule has 60 heavy (non-hydrogen) atoms. The predicted molar refractivity (Wildman–Crippen MR) is 248 cm³/mol. The van der Waals surface area contributed by atoms with E-state index in [0.717, 1.165) is 89.2 Å². The quantitative estimate of drug-likeness (QED) is 0.0572. The molecule has 0 radical (unpaired) electrons. The number of hydrogen-bond acceptors (Lipinski definition) is 9. The van der Waals surface area contributed by atoms with Crippen LogP contribution in [0.15, 0.2) is 18.2 Å². The van der Waals surface area contributed by atoms with Crippen LogP contribution in [-0.2, 0) is 39.0 Å². The van der Waals surface area contributed by atoms with Gasteiger partial charge in [0.25, 0.3) is 0 Å². The first kappa shape index (κ1) is 51.3. The summed E-state index contributed by atoms with van der Waals surface area (Å²) in [6.45, 7) is 32.7. The second-order valence-electron chi connectivity index (χ2n) is 21.6. The number of benzene rings is 1. The van der Waals surface area contributed by atoms with Gasteiger partial charge < -0.3 is 37.3 Å². The first-order valence-electron chi connectivity index (χ1n) is 23.8. The van der Waals surface area contributed by atoms with Crippen molar-refractivity contribution in [3.63, 3.8) is 0 Å². The van der Waals surface area contributed by atoms with Crippen molar-refractivity contribution in [3.8, 4) is 5.75 Å². The molecule has 0 N–H and O–H groups in total. The molecule has 7 atom stereocenters. The highest BCUT2D eigenvalue weighted by molar-refractivity contribution is 6.77. The van der Waals surface area contributed by atoms with E-state index in [1.807, 2.05) is 18.2 Å². The van der Waals surface area contributed by atoms with E-state index in [9.17, 15) is 4.79 Å². The Morgan fingerprint density at radius 1 is 0.850 bits per heavy atom. The Morgan fingerprint density at radius 3 is 2.12 bits per heavy atom. The standard InChI is InChI=1S/C49H88O9Si2/c1-34(2)60(35(3)4,36(5)6)53-32-48(8,9)45-27-19-25-41(55-45)30-42(52-33-51-12)31-44(58-59(13,14)15)37(7)28-29-40-24-18-23-39(54-40)22-16-20-38-21-17-26-43-46(38)47(50)57-49(10,11)56-43/h17,21,26,34-37,39-42,44-45H,16,18-20,22-25,27-33H2,1-15H3/t37-,39-,40-,41-,42-,44+,45+/m0/s1. The highest BCUT2D eigenvalue weighted by atomic mass is 28.4. The van der Waals surface area contributed by atoms with Crippen molar-refractivity contribution >= 4 is 22.6 Å². The molecule has 3 aliphatic rings. The Kier molecular flexibility index (Phi) is 19.3. The molecule has 0 aromatic heterocycles. The molecule has 346 valence electrons. The summed E-state index contributed by atoms with van der Waals surface area (Å²) in [6.07, 6.45) is 13.9. The Hall–Kier alpha value is -1.32. The average molecular weight is 877 g/mol. The molecule has 0 amide bonds. The summed E-state index contributed by atoms with van der Waals surface area (Å²) in [4.78, 5) is 12.9. The van der Waals surface area contributed by atoms with Gasteiger partial charge >= 0.3 is 5.97 Å². The van der Waals surface area contributed by atoms with Gasteiger partial charge in [-0.05, 0) is 137 Å². The molecule has 2 fully saturated rings. The third kappa shape index (κ3) is 14.6. The fourth-order valence-electron chi connectivity index (χ4n) is 10.6. The van der Waals surface area contributed by atoms with Gasteiger partial charge in [-0.15, -0.1) is 0 Å². The largest absolute Gasteiger partial charge is 0.452 e. The van der Waals surface area contributed by atoms with Crippen LogP contribution < -0.4 is 4.74 Å². The van der Waals surface area contributed by atoms with E-state index >= 15 is 0 Å². The number of esters is 1. The van der Waals surface area contributed by atoms with Crippen molar-refractivity contribution in [3.05, 3.63) is 29.3 Å². The van der Waals surface area contributed by atoms with Crippen molar-refractivity contribution in [1.82, 2.24) is 0 Å². The minimum atomic E-state index is -1.98. The van der Waals surface area contributed by atoms with E-state index in [2.05, 4.69) is 82.0 Å². The van der Waals surface area contributed by atoms with Gasteiger partial charge in [0.1, 0.15) is 18.1 Å². The summed E-state index contributed by atoms with van der Waals surface area (Å²) in [5.74, 6) is -0.277. The normalized spacial score (nSPS) is 24.3. The van der Waals surface area contributed by atoms with Crippen LogP contribution in [0, 0.1) is 11.3 Å². The van der Waals surface area contributed by atoms with Gasteiger partial charge in [-0.1, -0.05) is 74.4 Å². The van der Waals surface area contributed by atoms with Crippen LogP contribution in [0.5, 0.6) is 5.75 Å². The zero-order chi connectivity index (χ0) is 44.5. The first-order valence-corrected chi connectivity index (χ1v) is 29.4. The van der Waals surface area contributed by atoms with Crippen LogP contribution in [0.1, 0.15) is 169 Å². The van der Waals surface area contributed by atoms with E-state index in [1.165, 1.54) is 6.42 Å². The summed E-state index contributed by atoms with van der Waals surface area (Å²) in [5.41, 5.74) is 3.15. The number of fused-ring (bicyclic) bond motifs is 1. The van der Waals surface area contributed by atoms with Crippen LogP contribution in [0.3, 0.4) is 0 Å². The molecular formula is C49H88O9Si2. The zero-order valence-corrected chi connectivity index (χ0v) is 42.8. The third-order valence-electron chi connectivity index (χ3n) is 13.6. The number of cyclic esters (lactones) is 1. The van der Waals surface area contributed by atoms with Gasteiger partial charge in [-0.2, -0.15) is 0 Å². The lowest BCUT2D eigenvalue weighted by atomic mass is 9.82. The number of aryl methyl sites for hydroxylation is 1. The van der Waals surface area contributed by atoms with Crippen LogP contribution in [0.2, 0.25) is 36.3 Å². The van der Waals surface area contributed by atoms with Crippen molar-refractivity contribution in [1.29, 1.82) is 0 Å². The lowest BCUT2D eigenvalue weighted by Gasteiger charge is -2.46. The highest BCUT2D eigenvalue weighted by Gasteiger charge is 2.47. The molecule has 0 spiro atoms. The van der Waals surface area contributed by atoms with E-state index in [4.69, 9.17) is 37.3 Å². The van der Waals surface area contributed by atoms with E-state index in [1.54, 1.807) is 21.0 Å². The second kappa shape index (κ2) is 22.5. The van der Waals surface area contributed by atoms with Gasteiger partial charge in [-0.3, -0.25) is 0 Å². The van der Waals surface area contributed by atoms with Crippen LogP contribution >= 0.6 is 0 Å². The molecular weight excluding hydrogens is 789 g/mol. The Balaban J connectivity index is 1.33. The van der Waals surface area contributed by atoms with Gasteiger partial charge in [0, 0.05) is 33.0 Å². The summed E-state index contributed by atoms with van der Waals surface area (Å²) < 4.78 is 51.3. The van der Waals surface area contributed by atoms with Crippen molar-refractivity contribution in [2.24, 2.45) is 11.3 Å². The van der Waals surface area contributed by atoms with E-state index in [-0.39, 0.29) is 54.8 Å². The minimum absolute atomic E-state index is 0.0230. The Labute approximate surface area is 368 Å². The number of hydrogen-bond donors (Lipinski definition) is 0. The number of ether oxygens (including phenoxy) is 6. The van der Waals surface area contributed by atoms with Crippen LogP contribution in [0.4, 0.5) is 0 Å². The third-order valence-corrected chi connectivity index (χ3v) is 20.6. The monoisotopic (exact) mass is 877 g/mol. The zero-order valence-electron chi connectivity index (χ0n) is 40.8. The molecule has 0 aliphatic carbocycles. The van der Waals surface area contributed by atoms with Crippen molar-refractivity contribution < 1.29 is 42.1 Å². The number of carbonyl (C=O) groups is 1. The maximum atomic E-state index is 12.9. The number of rotatable bonds is 24. The lowest BCUT2D eigenvalue weighted by Crippen LogP contribution is -2.51. The molecule has 0 unspecified atom stereocenters. The molecule has 3 heterocycles. The number of methoxy groups -OCH3 is 1. The average Bonchev–Trinajstić information content (AvgIpc) is 3.14. The summed E-state index contributed by atoms with van der Waals surface area (Å²) in [7, 11) is -2.13. The maximum Gasteiger partial charge on any atom is 0.345 e. The predicted octanol–water partition coefficient (Wildman–Crippen LogP) is 12.8. The molecule has 0 saturated carbocycles. The van der Waals surface area contributed by atoms with E-state index < -0.39 is 22.4 Å². The number of carbonyl (C=O) groups excluding carboxylic acids is 1. The minimum Gasteiger partial charge on any atom is -0.452 e. The van der Waals surface area contributed by atoms with Gasteiger partial charge in [0.15, 0.2) is 16.6 Å². The summed E-state index contributed by atoms with van der Waals surface area (Å²) in [6, 6.07) is 5.85. The van der Waals surface area contributed by atoms with Gasteiger partial charge in [0.2, 0.25) is 5.79 Å². The van der Waals surface area contributed by atoms with Crippen LogP contribution in [-0.4, -0.2) is 85.5 Å². The van der Waals surface area contributed by atoms with Gasteiger partial charge in [0.05, 0.1) is 36.6 Å². The molecule has 1 aromatic rings. The highest BCUT2D eigenvalue weighted by Crippen LogP contribution is 2.45. The van der Waals surface area contributed by atoms with Crippen LogP contribution in [0.25, 0.3) is 0 Å². The molecule has 11 heteroatoms. The molecule has 0 bridgehead atoms. The summed E-state index contributed by atoms with van der Waals surface area (Å²) >= 11 is 0.